The fourth-order valence-corrected chi connectivity index (χ4v) is 3.65. The second kappa shape index (κ2) is 3.78. The molecule has 0 aliphatic heterocycles. The van der Waals surface area contributed by atoms with Gasteiger partial charge in [0.1, 0.15) is 5.41 Å². The zero-order chi connectivity index (χ0) is 15.8. The Morgan fingerprint density at radius 2 is 1.90 bits per heavy atom. The maximum Gasteiger partial charge on any atom is 0.183 e. The van der Waals surface area contributed by atoms with Gasteiger partial charge in [-0.3, -0.25) is 14.6 Å². The smallest absolute Gasteiger partial charge is 0.183 e. The molecular formula is C16H19NO4. The minimum atomic E-state index is -1.82. The van der Waals surface area contributed by atoms with Gasteiger partial charge in [0.25, 0.3) is 0 Å². The van der Waals surface area contributed by atoms with Gasteiger partial charge in [-0.25, -0.2) is 0 Å². The van der Waals surface area contributed by atoms with E-state index in [-0.39, 0.29) is 23.3 Å². The molecule has 112 valence electrons. The van der Waals surface area contributed by atoms with E-state index in [1.54, 1.807) is 26.8 Å². The molecule has 0 aromatic carbocycles. The topological polar surface area (TPSA) is 87.5 Å². The molecule has 3 rings (SSSR count). The Morgan fingerprint density at radius 3 is 2.52 bits per heavy atom. The first-order valence-electron chi connectivity index (χ1n) is 7.04. The lowest BCUT2D eigenvalue weighted by Gasteiger charge is -2.56. The number of nitrogens with zero attached hydrogens (tertiary/aromatic N) is 1. The monoisotopic (exact) mass is 289 g/mol. The number of hydrogen-bond acceptors (Lipinski definition) is 5. The van der Waals surface area contributed by atoms with Crippen molar-refractivity contribution in [3.05, 3.63) is 29.1 Å². The molecule has 21 heavy (non-hydrogen) atoms. The molecule has 1 fully saturated rings. The highest BCUT2D eigenvalue weighted by Gasteiger charge is 2.69. The van der Waals surface area contributed by atoms with E-state index in [9.17, 15) is 19.8 Å². The average Bonchev–Trinajstić information content (AvgIpc) is 2.41. The largest absolute Gasteiger partial charge is 0.392 e. The van der Waals surface area contributed by atoms with E-state index in [2.05, 4.69) is 4.98 Å². The van der Waals surface area contributed by atoms with Crippen molar-refractivity contribution >= 4 is 11.6 Å². The van der Waals surface area contributed by atoms with Gasteiger partial charge < -0.3 is 10.2 Å². The number of aliphatic hydroxyl groups excluding tert-OH is 1. The molecule has 0 radical (unpaired) electrons. The summed E-state index contributed by atoms with van der Waals surface area (Å²) in [5.74, 6) is -0.892. The number of pyridine rings is 1. The van der Waals surface area contributed by atoms with E-state index in [0.29, 0.717) is 5.69 Å². The molecular weight excluding hydrogens is 270 g/mol. The van der Waals surface area contributed by atoms with Crippen LogP contribution in [0, 0.1) is 17.8 Å². The zero-order valence-corrected chi connectivity index (χ0v) is 12.6. The first-order valence-corrected chi connectivity index (χ1v) is 7.04. The van der Waals surface area contributed by atoms with Crippen LogP contribution in [0.15, 0.2) is 12.3 Å². The van der Waals surface area contributed by atoms with Crippen molar-refractivity contribution in [3.8, 4) is 0 Å². The minimum Gasteiger partial charge on any atom is -0.392 e. The van der Waals surface area contributed by atoms with Crippen molar-refractivity contribution < 1.29 is 19.8 Å². The lowest BCUT2D eigenvalue weighted by molar-refractivity contribution is -0.181. The molecule has 1 aromatic rings. The van der Waals surface area contributed by atoms with Crippen LogP contribution in [0.3, 0.4) is 0 Å². The van der Waals surface area contributed by atoms with Crippen LogP contribution in [0.4, 0.5) is 0 Å². The quantitative estimate of drug-likeness (QED) is 0.699. The van der Waals surface area contributed by atoms with Gasteiger partial charge in [-0.1, -0.05) is 13.8 Å². The van der Waals surface area contributed by atoms with Crippen molar-refractivity contribution in [3.63, 3.8) is 0 Å². The Hall–Kier alpha value is -1.59. The van der Waals surface area contributed by atoms with Crippen molar-refractivity contribution in [2.75, 3.05) is 0 Å². The van der Waals surface area contributed by atoms with Gasteiger partial charge in [0.05, 0.1) is 6.10 Å². The minimum absolute atomic E-state index is 0.0991. The highest BCUT2D eigenvalue weighted by molar-refractivity contribution is 6.22. The van der Waals surface area contributed by atoms with Crippen molar-refractivity contribution in [2.45, 2.75) is 45.8 Å². The predicted octanol–water partition coefficient (Wildman–Crippen LogP) is 1.14. The van der Waals surface area contributed by atoms with Gasteiger partial charge in [-0.15, -0.1) is 0 Å². The van der Waals surface area contributed by atoms with E-state index in [0.717, 1.165) is 0 Å². The number of hydrogen-bond donors (Lipinski definition) is 2. The summed E-state index contributed by atoms with van der Waals surface area (Å²) < 4.78 is 0. The van der Waals surface area contributed by atoms with Gasteiger partial charge in [-0.05, 0) is 19.9 Å². The second-order valence-electron chi connectivity index (χ2n) is 6.96. The van der Waals surface area contributed by atoms with Gasteiger partial charge in [0.15, 0.2) is 17.2 Å². The lowest BCUT2D eigenvalue weighted by atomic mass is 9.47. The highest BCUT2D eigenvalue weighted by Crippen LogP contribution is 2.58. The summed E-state index contributed by atoms with van der Waals surface area (Å²) in [6, 6.07) is 1.57. The van der Waals surface area contributed by atoms with Crippen LogP contribution in [0.2, 0.25) is 0 Å². The molecule has 5 nitrogen and oxygen atoms in total. The summed E-state index contributed by atoms with van der Waals surface area (Å²) in [6.07, 6.45) is 0.380. The normalized spacial score (nSPS) is 37.3. The average molecular weight is 289 g/mol. The van der Waals surface area contributed by atoms with E-state index >= 15 is 0 Å². The third-order valence-corrected chi connectivity index (χ3v) is 5.63. The van der Waals surface area contributed by atoms with Crippen LogP contribution in [-0.4, -0.2) is 32.9 Å². The lowest BCUT2D eigenvalue weighted by Crippen LogP contribution is -2.68. The summed E-state index contributed by atoms with van der Waals surface area (Å²) in [5, 5.41) is 21.4. The van der Waals surface area contributed by atoms with Gasteiger partial charge >= 0.3 is 0 Å². The summed E-state index contributed by atoms with van der Waals surface area (Å²) in [6.45, 7) is 6.64. The molecule has 0 amide bonds. The van der Waals surface area contributed by atoms with Crippen molar-refractivity contribution in [1.82, 2.24) is 4.98 Å². The number of fused-ring (bicyclic) bond motifs is 4. The van der Waals surface area contributed by atoms with Crippen LogP contribution >= 0.6 is 0 Å². The highest BCUT2D eigenvalue weighted by atomic mass is 16.3. The third kappa shape index (κ3) is 1.40. The molecule has 5 heteroatoms. The van der Waals surface area contributed by atoms with E-state index in [4.69, 9.17) is 0 Å². The van der Waals surface area contributed by atoms with Crippen LogP contribution in [0.25, 0.3) is 0 Å². The first kappa shape index (κ1) is 14.4. The SMILES string of the molecule is Cc1cc2c(cn1)C(=O)[C@]1(C)C(=O)[C@@]2(O)C[C@@H](O)C1(C)C. The van der Waals surface area contributed by atoms with E-state index in [1.807, 2.05) is 0 Å². The zero-order valence-electron chi connectivity index (χ0n) is 12.6. The number of aromatic nitrogens is 1. The molecule has 2 aliphatic rings. The predicted molar refractivity (Wildman–Crippen MR) is 74.7 cm³/mol. The molecule has 1 aromatic heterocycles. The molecule has 2 N–H and O–H groups in total. The maximum atomic E-state index is 12.9. The van der Waals surface area contributed by atoms with Crippen LogP contribution in [0.1, 0.15) is 48.8 Å². The number of aryl methyl sites for hydroxylation is 1. The van der Waals surface area contributed by atoms with Crippen LogP contribution < -0.4 is 0 Å². The van der Waals surface area contributed by atoms with E-state index in [1.165, 1.54) is 13.1 Å². The van der Waals surface area contributed by atoms with Crippen LogP contribution in [0.5, 0.6) is 0 Å². The number of carbonyl (C=O) groups excluding carboxylic acids is 2. The van der Waals surface area contributed by atoms with Gasteiger partial charge in [0, 0.05) is 34.9 Å². The summed E-state index contributed by atoms with van der Waals surface area (Å²) in [4.78, 5) is 29.9. The number of Topliss-reactive ketones (excluding diaryl/α,β-unsaturated/α-hetero) is 2. The number of ketones is 2. The molecule has 1 saturated carbocycles. The fourth-order valence-electron chi connectivity index (χ4n) is 3.65. The molecule has 2 bridgehead atoms. The van der Waals surface area contributed by atoms with Gasteiger partial charge in [-0.2, -0.15) is 0 Å². The van der Waals surface area contributed by atoms with Crippen molar-refractivity contribution in [2.24, 2.45) is 10.8 Å². The summed E-state index contributed by atoms with van der Waals surface area (Å²) in [7, 11) is 0. The second-order valence-corrected chi connectivity index (χ2v) is 6.96. The molecule has 2 aliphatic carbocycles. The Balaban J connectivity index is 2.39. The first-order chi connectivity index (χ1) is 9.56. The Morgan fingerprint density at radius 1 is 1.29 bits per heavy atom. The standard InChI is InChI=1S/C16H19NO4/c1-8-5-10-9(7-17-8)12(19)15(4)13(20)16(10,21)6-11(18)14(15,2)3/h5,7,11,18,21H,6H2,1-4H3/t11-,15-,16-/m1/s1. The summed E-state index contributed by atoms with van der Waals surface area (Å²) in [5.41, 5.74) is -3.05. The molecule has 0 unspecified atom stereocenters. The molecule has 1 heterocycles. The van der Waals surface area contributed by atoms with Crippen molar-refractivity contribution in [1.29, 1.82) is 0 Å². The Labute approximate surface area is 123 Å². The number of rotatable bonds is 0. The molecule has 3 atom stereocenters. The molecule has 0 spiro atoms. The molecule has 0 saturated heterocycles. The fraction of sp³-hybridized carbons (Fsp3) is 0.562. The Bertz CT molecular complexity index is 681. The Kier molecular flexibility index (Phi) is 2.58. The summed E-state index contributed by atoms with van der Waals surface area (Å²) >= 11 is 0. The number of carbonyl (C=O) groups is 2. The van der Waals surface area contributed by atoms with Gasteiger partial charge in [0.2, 0.25) is 0 Å². The maximum absolute atomic E-state index is 12.9. The van der Waals surface area contributed by atoms with E-state index < -0.39 is 28.3 Å². The third-order valence-electron chi connectivity index (χ3n) is 5.63. The van der Waals surface area contributed by atoms with Crippen LogP contribution in [-0.2, 0) is 10.4 Å². The number of aliphatic hydroxyl groups is 2.